The van der Waals surface area contributed by atoms with Gasteiger partial charge in [0.2, 0.25) is 0 Å². The number of benzene rings is 1. The van der Waals surface area contributed by atoms with Crippen molar-refractivity contribution in [2.75, 3.05) is 6.54 Å². The third-order valence-corrected chi connectivity index (χ3v) is 5.72. The van der Waals surface area contributed by atoms with Crippen molar-refractivity contribution in [1.29, 1.82) is 0 Å². The molecule has 1 aromatic carbocycles. The summed E-state index contributed by atoms with van der Waals surface area (Å²) in [7, 11) is 0. The molecule has 1 aromatic heterocycles. The summed E-state index contributed by atoms with van der Waals surface area (Å²) < 4.78 is 0. The zero-order chi connectivity index (χ0) is 17.7. The zero-order valence-electron chi connectivity index (χ0n) is 15.4. The van der Waals surface area contributed by atoms with Crippen molar-refractivity contribution in [2.45, 2.75) is 63.6 Å². The van der Waals surface area contributed by atoms with Gasteiger partial charge in [-0.25, -0.2) is 0 Å². The second kappa shape index (κ2) is 8.11. The zero-order valence-corrected chi connectivity index (χ0v) is 15.4. The van der Waals surface area contributed by atoms with Crippen LogP contribution in [0.2, 0.25) is 0 Å². The van der Waals surface area contributed by atoms with E-state index < -0.39 is 5.60 Å². The van der Waals surface area contributed by atoms with Crippen molar-refractivity contribution >= 4 is 0 Å². The third-order valence-electron chi connectivity index (χ3n) is 5.72. The molecule has 1 aliphatic heterocycles. The Labute approximate surface area is 151 Å². The van der Waals surface area contributed by atoms with Gasteiger partial charge in [-0.3, -0.25) is 9.88 Å². The van der Waals surface area contributed by atoms with Crippen LogP contribution in [0.15, 0.2) is 54.9 Å². The molecular weight excluding hydrogens is 308 g/mol. The Hall–Kier alpha value is -1.71. The first-order valence-electron chi connectivity index (χ1n) is 9.55. The summed E-state index contributed by atoms with van der Waals surface area (Å²) >= 11 is 0. The van der Waals surface area contributed by atoms with Crippen molar-refractivity contribution in [3.8, 4) is 0 Å². The van der Waals surface area contributed by atoms with E-state index in [1.165, 1.54) is 19.3 Å². The molecule has 0 unspecified atom stereocenters. The molecule has 0 radical (unpaired) electrons. The molecule has 1 fully saturated rings. The maximum atomic E-state index is 11.6. The number of pyridine rings is 1. The molecule has 1 aliphatic rings. The summed E-state index contributed by atoms with van der Waals surface area (Å²) in [5, 5.41) is 11.6. The van der Waals surface area contributed by atoms with E-state index in [1.807, 2.05) is 42.5 Å². The Morgan fingerprint density at radius 3 is 2.36 bits per heavy atom. The van der Waals surface area contributed by atoms with Gasteiger partial charge in [-0.1, -0.05) is 42.8 Å². The van der Waals surface area contributed by atoms with E-state index in [4.69, 9.17) is 0 Å². The Kier molecular flexibility index (Phi) is 5.87. The minimum absolute atomic E-state index is 0.645. The summed E-state index contributed by atoms with van der Waals surface area (Å²) in [4.78, 5) is 6.84. The monoisotopic (exact) mass is 338 g/mol. The van der Waals surface area contributed by atoms with Crippen LogP contribution >= 0.6 is 0 Å². The van der Waals surface area contributed by atoms with Crippen molar-refractivity contribution < 1.29 is 5.11 Å². The number of aromatic nitrogens is 1. The smallest absolute Gasteiger partial charge is 0.116 e. The third kappa shape index (κ3) is 4.10. The summed E-state index contributed by atoms with van der Waals surface area (Å²) in [6.45, 7) is 5.71. The van der Waals surface area contributed by atoms with E-state index in [9.17, 15) is 5.11 Å². The molecule has 0 aliphatic carbocycles. The molecule has 2 heterocycles. The highest BCUT2D eigenvalue weighted by Crippen LogP contribution is 2.34. The van der Waals surface area contributed by atoms with Gasteiger partial charge in [-0.05, 0) is 57.7 Å². The average Bonchev–Trinajstić information content (AvgIpc) is 2.65. The molecule has 0 bridgehead atoms. The van der Waals surface area contributed by atoms with Gasteiger partial charge in [-0.2, -0.15) is 0 Å². The first kappa shape index (κ1) is 18.1. The first-order chi connectivity index (χ1) is 12.1. The second-order valence-corrected chi connectivity index (χ2v) is 7.44. The number of aliphatic hydroxyl groups is 1. The van der Waals surface area contributed by atoms with Gasteiger partial charge in [0, 0.05) is 30.0 Å². The second-order valence-electron chi connectivity index (χ2n) is 7.44. The maximum Gasteiger partial charge on any atom is 0.116 e. The van der Waals surface area contributed by atoms with E-state index in [0.29, 0.717) is 18.5 Å². The molecule has 0 saturated carbocycles. The minimum Gasteiger partial charge on any atom is -0.380 e. The average molecular weight is 338 g/mol. The fraction of sp³-hybridized carbons (Fsp3) is 0.500. The lowest BCUT2D eigenvalue weighted by Gasteiger charge is -2.39. The number of hydrogen-bond acceptors (Lipinski definition) is 3. The van der Waals surface area contributed by atoms with E-state index in [-0.39, 0.29) is 0 Å². The van der Waals surface area contributed by atoms with Gasteiger partial charge in [-0.15, -0.1) is 0 Å². The van der Waals surface area contributed by atoms with Crippen LogP contribution in [0.1, 0.15) is 57.1 Å². The largest absolute Gasteiger partial charge is 0.380 e. The highest BCUT2D eigenvalue weighted by atomic mass is 16.3. The van der Waals surface area contributed by atoms with E-state index in [2.05, 4.69) is 23.7 Å². The SMILES string of the molecule is C[C@@H]1CCC[C@H](C)N1CCC[C@](O)(c1ccccc1)c1cccnc1. The standard InChI is InChI=1S/C22H30N2O/c1-18-9-6-10-19(2)24(18)16-8-14-22(25,20-11-4-3-5-12-20)21-13-7-15-23-17-21/h3-5,7,11-13,15,17-19,25H,6,8-10,14,16H2,1-2H3/t18-,19+,22-/m0/s1. The van der Waals surface area contributed by atoms with E-state index in [1.54, 1.807) is 12.4 Å². The van der Waals surface area contributed by atoms with Crippen LogP contribution in [0.3, 0.4) is 0 Å². The van der Waals surface area contributed by atoms with Gasteiger partial charge >= 0.3 is 0 Å². The molecule has 3 heteroatoms. The molecule has 2 aromatic rings. The Balaban J connectivity index is 1.75. The highest BCUT2D eigenvalue weighted by Gasteiger charge is 2.32. The molecule has 1 saturated heterocycles. The Bertz CT molecular complexity index is 594. The lowest BCUT2D eigenvalue weighted by molar-refractivity contribution is 0.0519. The number of hydrogen-bond donors (Lipinski definition) is 1. The fourth-order valence-corrected chi connectivity index (χ4v) is 4.21. The first-order valence-corrected chi connectivity index (χ1v) is 9.55. The Morgan fingerprint density at radius 1 is 1.04 bits per heavy atom. The van der Waals surface area contributed by atoms with E-state index in [0.717, 1.165) is 24.1 Å². The van der Waals surface area contributed by atoms with Crippen LogP contribution in [0.5, 0.6) is 0 Å². The lowest BCUT2D eigenvalue weighted by Crippen LogP contribution is -2.44. The number of piperidine rings is 1. The Morgan fingerprint density at radius 2 is 1.72 bits per heavy atom. The summed E-state index contributed by atoms with van der Waals surface area (Å²) in [6.07, 6.45) is 9.13. The van der Waals surface area contributed by atoms with Crippen LogP contribution in [0.25, 0.3) is 0 Å². The van der Waals surface area contributed by atoms with Gasteiger partial charge in [0.1, 0.15) is 5.60 Å². The van der Waals surface area contributed by atoms with Crippen LogP contribution in [-0.2, 0) is 5.60 Å². The van der Waals surface area contributed by atoms with Gasteiger partial charge in [0.25, 0.3) is 0 Å². The van der Waals surface area contributed by atoms with Gasteiger partial charge in [0.05, 0.1) is 0 Å². The summed E-state index contributed by atoms with van der Waals surface area (Å²) in [6, 6.07) is 15.2. The number of likely N-dealkylation sites (tertiary alicyclic amines) is 1. The molecule has 0 spiro atoms. The normalized spacial score (nSPS) is 24.0. The highest BCUT2D eigenvalue weighted by molar-refractivity contribution is 5.34. The van der Waals surface area contributed by atoms with Crippen LogP contribution < -0.4 is 0 Å². The fourth-order valence-electron chi connectivity index (χ4n) is 4.21. The van der Waals surface area contributed by atoms with Gasteiger partial charge in [0.15, 0.2) is 0 Å². The molecular formula is C22H30N2O. The van der Waals surface area contributed by atoms with Crippen molar-refractivity contribution in [3.63, 3.8) is 0 Å². The molecule has 1 N–H and O–H groups in total. The number of nitrogens with zero attached hydrogens (tertiary/aromatic N) is 2. The molecule has 3 rings (SSSR count). The number of rotatable bonds is 6. The summed E-state index contributed by atoms with van der Waals surface area (Å²) in [5.41, 5.74) is 0.848. The van der Waals surface area contributed by atoms with Crippen molar-refractivity contribution in [1.82, 2.24) is 9.88 Å². The topological polar surface area (TPSA) is 36.4 Å². The van der Waals surface area contributed by atoms with Crippen LogP contribution in [0.4, 0.5) is 0 Å². The predicted octanol–water partition coefficient (Wildman–Crippen LogP) is 4.36. The quantitative estimate of drug-likeness (QED) is 0.850. The minimum atomic E-state index is -0.974. The molecule has 3 atom stereocenters. The van der Waals surface area contributed by atoms with Crippen molar-refractivity contribution in [2.24, 2.45) is 0 Å². The van der Waals surface area contributed by atoms with Crippen LogP contribution in [0, 0.1) is 0 Å². The van der Waals surface area contributed by atoms with Crippen molar-refractivity contribution in [3.05, 3.63) is 66.0 Å². The molecule has 134 valence electrons. The molecule has 0 amide bonds. The molecule has 25 heavy (non-hydrogen) atoms. The van der Waals surface area contributed by atoms with E-state index >= 15 is 0 Å². The lowest BCUT2D eigenvalue weighted by atomic mass is 9.83. The maximum absolute atomic E-state index is 11.6. The summed E-state index contributed by atoms with van der Waals surface area (Å²) in [5.74, 6) is 0. The van der Waals surface area contributed by atoms with Gasteiger partial charge < -0.3 is 5.11 Å². The predicted molar refractivity (Wildman–Crippen MR) is 102 cm³/mol. The van der Waals surface area contributed by atoms with Crippen LogP contribution in [-0.4, -0.2) is 33.6 Å². The molecule has 3 nitrogen and oxygen atoms in total.